The number of rotatable bonds is 1. The number of carbonyl (C=O) groups excluding carboxylic acids is 2. The molecule has 0 spiro atoms. The van der Waals surface area contributed by atoms with Crippen LogP contribution in [0.5, 0.6) is 0 Å². The van der Waals surface area contributed by atoms with Crippen LogP contribution in [0.1, 0.15) is 22.8 Å². The van der Waals surface area contributed by atoms with E-state index in [9.17, 15) is 9.59 Å². The molecule has 2 amide bonds. The molecule has 2 aliphatic rings. The molecular formula is C14H17N3O2. The third-order valence-electron chi connectivity index (χ3n) is 3.74. The van der Waals surface area contributed by atoms with Gasteiger partial charge in [-0.2, -0.15) is 0 Å². The fraction of sp³-hybridized carbons (Fsp3) is 0.429. The molecule has 1 fully saturated rings. The molecule has 1 saturated heterocycles. The first-order valence-corrected chi connectivity index (χ1v) is 6.59. The lowest BCUT2D eigenvalue weighted by atomic mass is 10.1. The Labute approximate surface area is 112 Å². The summed E-state index contributed by atoms with van der Waals surface area (Å²) in [5.41, 5.74) is 2.39. The van der Waals surface area contributed by atoms with Crippen LogP contribution < -0.4 is 10.6 Å². The lowest BCUT2D eigenvalue weighted by Gasteiger charge is -2.34. The van der Waals surface area contributed by atoms with Crippen LogP contribution >= 0.6 is 0 Å². The van der Waals surface area contributed by atoms with Crippen molar-refractivity contribution in [3.8, 4) is 0 Å². The van der Waals surface area contributed by atoms with Crippen LogP contribution in [0, 0.1) is 0 Å². The molecule has 19 heavy (non-hydrogen) atoms. The Bertz CT molecular complexity index is 541. The second-order valence-corrected chi connectivity index (χ2v) is 5.15. The summed E-state index contributed by atoms with van der Waals surface area (Å²) >= 11 is 0. The van der Waals surface area contributed by atoms with E-state index in [2.05, 4.69) is 10.6 Å². The van der Waals surface area contributed by atoms with Gasteiger partial charge in [0.25, 0.3) is 5.91 Å². The van der Waals surface area contributed by atoms with Gasteiger partial charge in [0.05, 0.1) is 6.42 Å². The van der Waals surface area contributed by atoms with Gasteiger partial charge in [0, 0.05) is 36.9 Å². The largest absolute Gasteiger partial charge is 0.333 e. The van der Waals surface area contributed by atoms with Crippen molar-refractivity contribution < 1.29 is 9.59 Å². The van der Waals surface area contributed by atoms with Crippen molar-refractivity contribution in [2.24, 2.45) is 0 Å². The summed E-state index contributed by atoms with van der Waals surface area (Å²) in [7, 11) is 0. The van der Waals surface area contributed by atoms with Crippen LogP contribution in [0.3, 0.4) is 0 Å². The molecule has 2 heterocycles. The third-order valence-corrected chi connectivity index (χ3v) is 3.74. The fourth-order valence-electron chi connectivity index (χ4n) is 2.66. The summed E-state index contributed by atoms with van der Waals surface area (Å²) in [6.45, 7) is 4.42. The summed E-state index contributed by atoms with van der Waals surface area (Å²) in [4.78, 5) is 25.7. The topological polar surface area (TPSA) is 61.4 Å². The predicted molar refractivity (Wildman–Crippen MR) is 72.1 cm³/mol. The average molecular weight is 259 g/mol. The minimum atomic E-state index is -0.00450. The fourth-order valence-corrected chi connectivity index (χ4v) is 2.66. The van der Waals surface area contributed by atoms with Gasteiger partial charge in [-0.05, 0) is 24.6 Å². The van der Waals surface area contributed by atoms with Gasteiger partial charge in [0.1, 0.15) is 0 Å². The van der Waals surface area contributed by atoms with E-state index < -0.39 is 0 Å². The van der Waals surface area contributed by atoms with Crippen molar-refractivity contribution in [3.63, 3.8) is 0 Å². The Balaban J connectivity index is 1.84. The number of nitrogens with one attached hydrogen (secondary N) is 2. The van der Waals surface area contributed by atoms with Gasteiger partial charge in [-0.3, -0.25) is 9.59 Å². The van der Waals surface area contributed by atoms with Crippen molar-refractivity contribution >= 4 is 17.5 Å². The smallest absolute Gasteiger partial charge is 0.254 e. The van der Waals surface area contributed by atoms with Crippen molar-refractivity contribution in [1.82, 2.24) is 10.2 Å². The normalized spacial score (nSPS) is 22.1. The standard InChI is InChI=1S/C14H17N3O2/c1-9-8-15-4-5-17(9)14(19)11-3-2-10-7-13(18)16-12(10)6-11/h2-3,6,9,15H,4-5,7-8H2,1H3,(H,16,18)/t9-/m0/s1. The lowest BCUT2D eigenvalue weighted by molar-refractivity contribution is -0.115. The van der Waals surface area contributed by atoms with Crippen molar-refractivity contribution in [3.05, 3.63) is 29.3 Å². The zero-order valence-corrected chi connectivity index (χ0v) is 10.9. The van der Waals surface area contributed by atoms with Gasteiger partial charge >= 0.3 is 0 Å². The SMILES string of the molecule is C[C@H]1CNCCN1C(=O)c1ccc2c(c1)NC(=O)C2. The average Bonchev–Trinajstić information content (AvgIpc) is 2.77. The first-order chi connectivity index (χ1) is 9.15. The maximum Gasteiger partial charge on any atom is 0.254 e. The highest BCUT2D eigenvalue weighted by Gasteiger charge is 2.25. The summed E-state index contributed by atoms with van der Waals surface area (Å²) in [5.74, 6) is 0.0353. The summed E-state index contributed by atoms with van der Waals surface area (Å²) in [5, 5.41) is 6.05. The molecule has 0 unspecified atom stereocenters. The number of anilines is 1. The minimum absolute atomic E-state index is 0.00450. The number of carbonyl (C=O) groups is 2. The first kappa shape index (κ1) is 12.2. The van der Waals surface area contributed by atoms with Gasteiger partial charge < -0.3 is 15.5 Å². The van der Waals surface area contributed by atoms with Crippen LogP contribution in [0.15, 0.2) is 18.2 Å². The van der Waals surface area contributed by atoms with E-state index in [1.807, 2.05) is 24.0 Å². The van der Waals surface area contributed by atoms with E-state index in [4.69, 9.17) is 0 Å². The second kappa shape index (κ2) is 4.66. The van der Waals surface area contributed by atoms with E-state index >= 15 is 0 Å². The molecule has 1 aromatic carbocycles. The number of benzene rings is 1. The molecular weight excluding hydrogens is 242 g/mol. The number of hydrogen-bond acceptors (Lipinski definition) is 3. The zero-order valence-electron chi connectivity index (χ0n) is 10.9. The zero-order chi connectivity index (χ0) is 13.4. The highest BCUT2D eigenvalue weighted by molar-refractivity contribution is 6.02. The molecule has 2 N–H and O–H groups in total. The highest BCUT2D eigenvalue weighted by Crippen LogP contribution is 2.25. The lowest BCUT2D eigenvalue weighted by Crippen LogP contribution is -2.52. The molecule has 2 aliphatic heterocycles. The number of fused-ring (bicyclic) bond motifs is 1. The Hall–Kier alpha value is -1.88. The van der Waals surface area contributed by atoms with Crippen molar-refractivity contribution in [2.45, 2.75) is 19.4 Å². The van der Waals surface area contributed by atoms with E-state index in [1.54, 1.807) is 6.07 Å². The molecule has 5 heteroatoms. The van der Waals surface area contributed by atoms with Crippen LogP contribution in [0.25, 0.3) is 0 Å². The summed E-state index contributed by atoms with van der Waals surface area (Å²) in [6, 6.07) is 5.67. The number of amides is 2. The van der Waals surface area contributed by atoms with Gasteiger partial charge in [-0.25, -0.2) is 0 Å². The van der Waals surface area contributed by atoms with Crippen LogP contribution in [-0.2, 0) is 11.2 Å². The molecule has 1 atom stereocenters. The molecule has 0 saturated carbocycles. The molecule has 0 aromatic heterocycles. The maximum absolute atomic E-state index is 12.5. The van der Waals surface area contributed by atoms with E-state index in [1.165, 1.54) is 0 Å². The highest BCUT2D eigenvalue weighted by atomic mass is 16.2. The third kappa shape index (κ3) is 2.21. The monoisotopic (exact) mass is 259 g/mol. The molecule has 3 rings (SSSR count). The number of piperazine rings is 1. The molecule has 0 radical (unpaired) electrons. The van der Waals surface area contributed by atoms with Crippen LogP contribution in [0.2, 0.25) is 0 Å². The van der Waals surface area contributed by atoms with E-state index in [-0.39, 0.29) is 17.9 Å². The van der Waals surface area contributed by atoms with Gasteiger partial charge in [-0.15, -0.1) is 0 Å². The number of hydrogen-bond donors (Lipinski definition) is 2. The van der Waals surface area contributed by atoms with Crippen molar-refractivity contribution in [1.29, 1.82) is 0 Å². The quantitative estimate of drug-likeness (QED) is 0.777. The summed E-state index contributed by atoms with van der Waals surface area (Å²) < 4.78 is 0. The van der Waals surface area contributed by atoms with Crippen LogP contribution in [-0.4, -0.2) is 42.4 Å². The number of nitrogens with zero attached hydrogens (tertiary/aromatic N) is 1. The van der Waals surface area contributed by atoms with E-state index in [0.29, 0.717) is 12.0 Å². The summed E-state index contributed by atoms with van der Waals surface area (Å²) in [6.07, 6.45) is 0.411. The Morgan fingerprint density at radius 1 is 1.42 bits per heavy atom. The molecule has 5 nitrogen and oxygen atoms in total. The predicted octanol–water partition coefficient (Wildman–Crippen LogP) is 0.615. The van der Waals surface area contributed by atoms with E-state index in [0.717, 1.165) is 30.9 Å². The maximum atomic E-state index is 12.5. The second-order valence-electron chi connectivity index (χ2n) is 5.15. The Morgan fingerprint density at radius 3 is 3.05 bits per heavy atom. The van der Waals surface area contributed by atoms with Gasteiger partial charge in [0.15, 0.2) is 0 Å². The molecule has 100 valence electrons. The molecule has 0 aliphatic carbocycles. The first-order valence-electron chi connectivity index (χ1n) is 6.59. The molecule has 1 aromatic rings. The van der Waals surface area contributed by atoms with Crippen molar-refractivity contribution in [2.75, 3.05) is 25.0 Å². The van der Waals surface area contributed by atoms with Crippen LogP contribution in [0.4, 0.5) is 5.69 Å². The van der Waals surface area contributed by atoms with Gasteiger partial charge in [0.2, 0.25) is 5.91 Å². The Morgan fingerprint density at radius 2 is 2.26 bits per heavy atom. The Kier molecular flexibility index (Phi) is 2.98. The minimum Gasteiger partial charge on any atom is -0.333 e. The van der Waals surface area contributed by atoms with Gasteiger partial charge in [-0.1, -0.05) is 6.07 Å². The molecule has 0 bridgehead atoms.